The molecule has 0 aliphatic carbocycles. The summed E-state index contributed by atoms with van der Waals surface area (Å²) >= 11 is 9.59. The zero-order valence-corrected chi connectivity index (χ0v) is 17.0. The second kappa shape index (κ2) is 14.9. The molecule has 0 atom stereocenters. The molecule has 2 aromatic carbocycles. The molecule has 2 aromatic rings. The van der Waals surface area contributed by atoms with Crippen molar-refractivity contribution in [2.24, 2.45) is 0 Å². The average Bonchev–Trinajstić information content (AvgIpc) is 2.58. The molecule has 128 valence electrons. The van der Waals surface area contributed by atoms with Crippen molar-refractivity contribution in [1.82, 2.24) is 0 Å². The van der Waals surface area contributed by atoms with Gasteiger partial charge in [-0.1, -0.05) is 72.1 Å². The molecule has 0 unspecified atom stereocenters. The van der Waals surface area contributed by atoms with Crippen LogP contribution in [0.15, 0.2) is 48.5 Å². The van der Waals surface area contributed by atoms with E-state index < -0.39 is 5.82 Å². The molecule has 0 heterocycles. The van der Waals surface area contributed by atoms with Crippen LogP contribution in [0.25, 0.3) is 0 Å². The van der Waals surface area contributed by atoms with Gasteiger partial charge in [-0.3, -0.25) is 0 Å². The first-order chi connectivity index (χ1) is 11.1. The highest BCUT2D eigenvalue weighted by Gasteiger charge is 1.98. The van der Waals surface area contributed by atoms with Crippen molar-refractivity contribution in [2.45, 2.75) is 0 Å². The van der Waals surface area contributed by atoms with Crippen molar-refractivity contribution in [2.75, 3.05) is 22.6 Å². The Hall–Kier alpha value is -0.660. The highest BCUT2D eigenvalue weighted by molar-refractivity contribution is 9.12. The quantitative estimate of drug-likeness (QED) is 0.510. The van der Waals surface area contributed by atoms with Gasteiger partial charge < -0.3 is 9.84 Å². The van der Waals surface area contributed by atoms with Gasteiger partial charge in [0.25, 0.3) is 0 Å². The summed E-state index contributed by atoms with van der Waals surface area (Å²) in [5, 5.41) is 11.4. The number of ether oxygens (including phenoxy) is 1. The number of hydrogen-bond acceptors (Lipinski definition) is 2. The first-order valence-corrected chi connectivity index (χ1v) is 9.92. The number of hydrogen-bond donors (Lipinski definition) is 1. The van der Waals surface area contributed by atoms with Crippen LogP contribution in [-0.4, -0.2) is 27.7 Å². The maximum atomic E-state index is 12.8. The minimum Gasteiger partial charge on any atom is -0.505 e. The number of alkyl halides is 3. The topological polar surface area (TPSA) is 29.5 Å². The fourth-order valence-corrected chi connectivity index (χ4v) is 1.32. The summed E-state index contributed by atoms with van der Waals surface area (Å²) in [6, 6.07) is 12.0. The molecule has 7 heteroatoms. The summed E-state index contributed by atoms with van der Waals surface area (Å²) < 4.78 is 29.9. The van der Waals surface area contributed by atoms with Gasteiger partial charge in [0.2, 0.25) is 0 Å². The van der Waals surface area contributed by atoms with Crippen LogP contribution in [0.4, 0.5) is 8.78 Å². The van der Waals surface area contributed by atoms with Crippen molar-refractivity contribution in [3.63, 3.8) is 0 Å². The number of benzene rings is 2. The molecule has 1 N–H and O–H groups in total. The molecule has 0 fully saturated rings. The summed E-state index contributed by atoms with van der Waals surface area (Å²) in [5.74, 6) is -0.875. The van der Waals surface area contributed by atoms with Crippen LogP contribution in [0, 0.1) is 11.6 Å². The fourth-order valence-electron chi connectivity index (χ4n) is 1.16. The van der Waals surface area contributed by atoms with Crippen molar-refractivity contribution in [3.05, 3.63) is 60.2 Å². The van der Waals surface area contributed by atoms with Crippen molar-refractivity contribution < 1.29 is 18.6 Å². The van der Waals surface area contributed by atoms with Crippen LogP contribution < -0.4 is 4.74 Å². The third-order valence-corrected chi connectivity index (χ3v) is 4.28. The third kappa shape index (κ3) is 11.5. The number of halogens is 5. The summed E-state index contributed by atoms with van der Waals surface area (Å²) in [7, 11) is 0. The summed E-state index contributed by atoms with van der Waals surface area (Å²) in [4.78, 5) is 0. The van der Waals surface area contributed by atoms with Gasteiger partial charge in [0.05, 0.1) is 6.61 Å². The second-order valence-corrected chi connectivity index (χ2v) is 6.18. The molecule has 23 heavy (non-hydrogen) atoms. The minimum atomic E-state index is -0.576. The summed E-state index contributed by atoms with van der Waals surface area (Å²) in [6.07, 6.45) is 0. The van der Waals surface area contributed by atoms with Gasteiger partial charge in [0, 0.05) is 16.0 Å². The van der Waals surface area contributed by atoms with Gasteiger partial charge in [0.1, 0.15) is 0 Å². The number of aromatic hydroxyl groups is 1. The lowest BCUT2D eigenvalue weighted by Gasteiger charge is -2.03. The number of rotatable bonds is 4. The molecule has 2 nitrogen and oxygen atoms in total. The van der Waals surface area contributed by atoms with Crippen LogP contribution in [-0.2, 0) is 0 Å². The fraction of sp³-hybridized carbons (Fsp3) is 0.250. The minimum absolute atomic E-state index is 0.299. The Morgan fingerprint density at radius 3 is 1.70 bits per heavy atom. The van der Waals surface area contributed by atoms with Crippen LogP contribution in [0.1, 0.15) is 0 Å². The summed E-state index contributed by atoms with van der Waals surface area (Å²) in [5.41, 5.74) is 0. The van der Waals surface area contributed by atoms with Gasteiger partial charge in [0.15, 0.2) is 23.1 Å². The second-order valence-electron chi connectivity index (χ2n) is 3.80. The first-order valence-electron chi connectivity index (χ1n) is 6.55. The van der Waals surface area contributed by atoms with E-state index in [1.807, 2.05) is 0 Å². The monoisotopic (exact) mass is 516 g/mol. The molecule has 0 radical (unpaired) electrons. The van der Waals surface area contributed by atoms with Crippen LogP contribution in [0.3, 0.4) is 0 Å². The molecule has 0 saturated heterocycles. The SMILES string of the molecule is BrCCBr.Fc1ccccc1OCCBr.Oc1ccccc1F. The maximum absolute atomic E-state index is 12.8. The smallest absolute Gasteiger partial charge is 0.165 e. The van der Waals surface area contributed by atoms with Gasteiger partial charge in [-0.05, 0) is 24.3 Å². The predicted octanol–water partition coefficient (Wildman–Crippen LogP) is 5.91. The molecule has 0 saturated carbocycles. The normalized spacial score (nSPS) is 9.09. The van der Waals surface area contributed by atoms with Crippen molar-refractivity contribution in [1.29, 1.82) is 0 Å². The van der Waals surface area contributed by atoms with Crippen LogP contribution >= 0.6 is 47.8 Å². The van der Waals surface area contributed by atoms with Crippen molar-refractivity contribution >= 4 is 47.8 Å². The molecule has 0 spiro atoms. The van der Waals surface area contributed by atoms with Gasteiger partial charge in [-0.2, -0.15) is 0 Å². The molecule has 0 aliphatic rings. The van der Waals surface area contributed by atoms with E-state index >= 15 is 0 Å². The molecule has 0 aliphatic heterocycles. The lowest BCUT2D eigenvalue weighted by Crippen LogP contribution is -1.99. The Morgan fingerprint density at radius 2 is 1.30 bits per heavy atom. The molecule has 0 bridgehead atoms. The molecule has 0 aromatic heterocycles. The van der Waals surface area contributed by atoms with Gasteiger partial charge in [-0.25, -0.2) is 8.78 Å². The van der Waals surface area contributed by atoms with Crippen LogP contribution in [0.5, 0.6) is 11.5 Å². The van der Waals surface area contributed by atoms with E-state index in [4.69, 9.17) is 9.84 Å². The average molecular weight is 519 g/mol. The van der Waals surface area contributed by atoms with E-state index in [0.29, 0.717) is 17.7 Å². The molecular weight excluding hydrogens is 502 g/mol. The first kappa shape index (κ1) is 22.3. The number of phenolic OH excluding ortho intramolecular Hbond substituents is 1. The Labute approximate surface area is 160 Å². The van der Waals surface area contributed by atoms with Gasteiger partial charge >= 0.3 is 0 Å². The highest BCUT2D eigenvalue weighted by atomic mass is 79.9. The van der Waals surface area contributed by atoms with E-state index in [0.717, 1.165) is 10.7 Å². The molecular formula is C16H17Br3F2O2. The molecule has 2 rings (SSSR count). The van der Waals surface area contributed by atoms with Crippen LogP contribution in [0.2, 0.25) is 0 Å². The lowest BCUT2D eigenvalue weighted by atomic mass is 10.3. The Bertz CT molecular complexity index is 519. The van der Waals surface area contributed by atoms with E-state index in [1.165, 1.54) is 24.3 Å². The van der Waals surface area contributed by atoms with E-state index in [9.17, 15) is 8.78 Å². The zero-order chi connectivity index (χ0) is 17.5. The Balaban J connectivity index is 0.000000354. The Morgan fingerprint density at radius 1 is 0.783 bits per heavy atom. The van der Waals surface area contributed by atoms with E-state index in [1.54, 1.807) is 24.3 Å². The van der Waals surface area contributed by atoms with E-state index in [-0.39, 0.29) is 11.6 Å². The lowest BCUT2D eigenvalue weighted by molar-refractivity contribution is 0.326. The standard InChI is InChI=1S/C8H8BrFO.C6H5FO.C2H4Br2/c9-5-6-11-8-4-2-1-3-7(8)10;7-5-3-1-2-4-6(5)8;3-1-2-4/h1-4H,5-6H2;1-4,8H;1-2H2. The Kier molecular flexibility index (Phi) is 14.5. The predicted molar refractivity (Wildman–Crippen MR) is 101 cm³/mol. The molecule has 0 amide bonds. The van der Waals surface area contributed by atoms with Gasteiger partial charge in [-0.15, -0.1) is 0 Å². The number of phenols is 1. The number of para-hydroxylation sites is 2. The largest absolute Gasteiger partial charge is 0.505 e. The zero-order valence-electron chi connectivity index (χ0n) is 12.2. The maximum Gasteiger partial charge on any atom is 0.165 e. The van der Waals surface area contributed by atoms with Crippen molar-refractivity contribution in [3.8, 4) is 11.5 Å². The summed E-state index contributed by atoms with van der Waals surface area (Å²) in [6.45, 7) is 0.487. The highest BCUT2D eigenvalue weighted by Crippen LogP contribution is 2.15. The third-order valence-electron chi connectivity index (χ3n) is 2.10. The van der Waals surface area contributed by atoms with E-state index in [2.05, 4.69) is 47.8 Å².